The number of allylic oxidation sites excluding steroid dienone is 10. The topological polar surface area (TPSA) is 54.4 Å². The Morgan fingerprint density at radius 3 is 1.45 bits per heavy atom. The van der Waals surface area contributed by atoms with Gasteiger partial charge in [-0.25, -0.2) is 8.42 Å². The van der Waals surface area contributed by atoms with Gasteiger partial charge in [0.05, 0.1) is 5.75 Å². The molecule has 4 heteroatoms. The molecule has 0 aliphatic rings. The van der Waals surface area contributed by atoms with Crippen LogP contribution in [-0.2, 0) is 9.84 Å². The van der Waals surface area contributed by atoms with Crippen molar-refractivity contribution in [3.05, 3.63) is 69.9 Å². The lowest BCUT2D eigenvalue weighted by atomic mass is 10.0. The molecule has 0 spiro atoms. The van der Waals surface area contributed by atoms with Gasteiger partial charge in [-0.1, -0.05) is 77.2 Å². The highest BCUT2D eigenvalue weighted by molar-refractivity contribution is 7.92. The van der Waals surface area contributed by atoms with Crippen LogP contribution in [0.5, 0.6) is 0 Å². The van der Waals surface area contributed by atoms with Crippen LogP contribution in [0.3, 0.4) is 0 Å². The summed E-state index contributed by atoms with van der Waals surface area (Å²) < 4.78 is 26.4. The van der Waals surface area contributed by atoms with Gasteiger partial charge in [0, 0.05) is 6.42 Å². The van der Waals surface area contributed by atoms with Crippen molar-refractivity contribution in [1.82, 2.24) is 0 Å². The maximum absolute atomic E-state index is 13.2. The number of rotatable bonds is 19. The SMILES string of the molecule is CCCCS(=O)(=O)C(O)(C=C(C)CCC=C(C)CCC=C(C)C)CC=C(C)CCC=C(C)CCC=C(C)C. The van der Waals surface area contributed by atoms with Crippen LogP contribution < -0.4 is 0 Å². The Hall–Kier alpha value is -1.65. The van der Waals surface area contributed by atoms with Gasteiger partial charge in [-0.2, -0.15) is 0 Å². The van der Waals surface area contributed by atoms with Crippen LogP contribution in [0.15, 0.2) is 69.9 Å². The lowest BCUT2D eigenvalue weighted by molar-refractivity contribution is 0.175. The van der Waals surface area contributed by atoms with Gasteiger partial charge in [-0.15, -0.1) is 0 Å². The fourth-order valence-electron chi connectivity index (χ4n) is 4.14. The Kier molecular flexibility index (Phi) is 18.6. The van der Waals surface area contributed by atoms with E-state index in [1.165, 1.54) is 22.3 Å². The van der Waals surface area contributed by atoms with E-state index < -0.39 is 14.8 Å². The van der Waals surface area contributed by atoms with Crippen molar-refractivity contribution in [3.63, 3.8) is 0 Å². The highest BCUT2D eigenvalue weighted by Gasteiger charge is 2.38. The third kappa shape index (κ3) is 17.0. The highest BCUT2D eigenvalue weighted by Crippen LogP contribution is 2.27. The maximum atomic E-state index is 13.2. The second-order valence-corrected chi connectivity index (χ2v) is 13.9. The minimum absolute atomic E-state index is 0.00759. The van der Waals surface area contributed by atoms with Gasteiger partial charge < -0.3 is 5.11 Å². The van der Waals surface area contributed by atoms with E-state index in [4.69, 9.17) is 0 Å². The van der Waals surface area contributed by atoms with Crippen molar-refractivity contribution >= 4 is 9.84 Å². The molecule has 0 aromatic rings. The Morgan fingerprint density at radius 2 is 1.03 bits per heavy atom. The first-order valence-electron chi connectivity index (χ1n) is 14.6. The summed E-state index contributed by atoms with van der Waals surface area (Å²) in [6, 6.07) is 0. The highest BCUT2D eigenvalue weighted by atomic mass is 32.2. The second kappa shape index (κ2) is 19.4. The third-order valence-electron chi connectivity index (χ3n) is 6.77. The average Bonchev–Trinajstić information content (AvgIpc) is 2.81. The second-order valence-electron chi connectivity index (χ2n) is 11.6. The molecule has 0 fully saturated rings. The van der Waals surface area contributed by atoms with Crippen molar-refractivity contribution in [2.75, 3.05) is 5.75 Å². The largest absolute Gasteiger partial charge is 0.371 e. The van der Waals surface area contributed by atoms with Gasteiger partial charge in [-0.3, -0.25) is 0 Å². The summed E-state index contributed by atoms with van der Waals surface area (Å²) in [4.78, 5) is -1.86. The van der Waals surface area contributed by atoms with Gasteiger partial charge in [0.2, 0.25) is 0 Å². The Labute approximate surface area is 236 Å². The Morgan fingerprint density at radius 1 is 0.632 bits per heavy atom. The number of unbranched alkanes of at least 4 members (excludes halogenated alkanes) is 1. The fourth-order valence-corrected chi connectivity index (χ4v) is 5.88. The van der Waals surface area contributed by atoms with Crippen molar-refractivity contribution in [1.29, 1.82) is 0 Å². The Bertz CT molecular complexity index is 979. The first kappa shape index (κ1) is 36.4. The molecule has 1 N–H and O–H groups in total. The van der Waals surface area contributed by atoms with Crippen LogP contribution in [0, 0.1) is 0 Å². The molecular weight excluding hydrogens is 488 g/mol. The molecule has 0 aliphatic heterocycles. The number of aliphatic hydroxyl groups is 1. The summed E-state index contributed by atoms with van der Waals surface area (Å²) in [5, 5.41) is 11.5. The maximum Gasteiger partial charge on any atom is 0.188 e. The monoisotopic (exact) mass is 546 g/mol. The molecule has 38 heavy (non-hydrogen) atoms. The van der Waals surface area contributed by atoms with Crippen molar-refractivity contribution in [3.8, 4) is 0 Å². The van der Waals surface area contributed by atoms with Crippen molar-refractivity contribution < 1.29 is 13.5 Å². The molecule has 218 valence electrons. The average molecular weight is 547 g/mol. The summed E-state index contributed by atoms with van der Waals surface area (Å²) in [6.07, 6.45) is 21.6. The smallest absolute Gasteiger partial charge is 0.188 e. The van der Waals surface area contributed by atoms with E-state index >= 15 is 0 Å². The summed E-state index contributed by atoms with van der Waals surface area (Å²) in [7, 11) is -3.69. The Balaban J connectivity index is 5.37. The van der Waals surface area contributed by atoms with Crippen LogP contribution in [0.2, 0.25) is 0 Å². The summed E-state index contributed by atoms with van der Waals surface area (Å²) in [6.45, 7) is 18.7. The molecule has 0 aromatic heterocycles. The number of hydrogen-bond donors (Lipinski definition) is 1. The molecule has 0 amide bonds. The van der Waals surface area contributed by atoms with Gasteiger partial charge in [0.25, 0.3) is 0 Å². The molecule has 1 atom stereocenters. The van der Waals surface area contributed by atoms with E-state index in [0.29, 0.717) is 6.42 Å². The molecule has 1 unspecified atom stereocenters. The number of hydrogen-bond acceptors (Lipinski definition) is 3. The normalized spacial score (nSPS) is 15.3. The molecule has 0 aromatic carbocycles. The molecule has 0 rings (SSSR count). The predicted molar refractivity (Wildman–Crippen MR) is 169 cm³/mol. The fraction of sp³-hybridized carbons (Fsp3) is 0.647. The first-order chi connectivity index (χ1) is 17.7. The van der Waals surface area contributed by atoms with Gasteiger partial charge in [0.15, 0.2) is 14.8 Å². The van der Waals surface area contributed by atoms with Crippen LogP contribution in [-0.4, -0.2) is 24.2 Å². The quantitative estimate of drug-likeness (QED) is 0.164. The van der Waals surface area contributed by atoms with E-state index in [1.54, 1.807) is 6.08 Å². The lowest BCUT2D eigenvalue weighted by Gasteiger charge is -2.25. The van der Waals surface area contributed by atoms with E-state index in [0.717, 1.165) is 68.9 Å². The molecule has 0 saturated carbocycles. The number of sulfone groups is 1. The lowest BCUT2D eigenvalue weighted by Crippen LogP contribution is -2.38. The van der Waals surface area contributed by atoms with Crippen LogP contribution in [0.4, 0.5) is 0 Å². The van der Waals surface area contributed by atoms with E-state index in [-0.39, 0.29) is 12.2 Å². The molecule has 0 bridgehead atoms. The predicted octanol–water partition coefficient (Wildman–Crippen LogP) is 10.1. The zero-order valence-corrected chi connectivity index (χ0v) is 26.9. The molecule has 0 saturated heterocycles. The zero-order chi connectivity index (χ0) is 29.2. The van der Waals surface area contributed by atoms with E-state index in [2.05, 4.69) is 65.8 Å². The van der Waals surface area contributed by atoms with Crippen molar-refractivity contribution in [2.45, 2.75) is 138 Å². The van der Waals surface area contributed by atoms with Crippen LogP contribution >= 0.6 is 0 Å². The van der Waals surface area contributed by atoms with Gasteiger partial charge in [0.1, 0.15) is 0 Å². The minimum Gasteiger partial charge on any atom is -0.371 e. The third-order valence-corrected chi connectivity index (χ3v) is 8.95. The molecule has 0 radical (unpaired) electrons. The van der Waals surface area contributed by atoms with Crippen LogP contribution in [0.25, 0.3) is 0 Å². The first-order valence-corrected chi connectivity index (χ1v) is 16.2. The summed E-state index contributed by atoms with van der Waals surface area (Å²) >= 11 is 0. The minimum atomic E-state index is -3.69. The van der Waals surface area contributed by atoms with E-state index in [1.807, 2.05) is 26.8 Å². The standard InChI is InChI=1S/C34H58O3S/c1-10-11-26-38(36,37)34(35,27-33(9)23-15-21-31(7)19-13-17-29(4)5)25-24-32(8)22-14-20-30(6)18-12-16-28(2)3/h16-17,20-21,24,27,35H,10-15,18-19,22-23,25-26H2,1-9H3. The summed E-state index contributed by atoms with van der Waals surface area (Å²) in [5.41, 5.74) is 7.45. The molecule has 0 aliphatic carbocycles. The molecular formula is C34H58O3S. The molecule has 3 nitrogen and oxygen atoms in total. The van der Waals surface area contributed by atoms with Gasteiger partial charge >= 0.3 is 0 Å². The molecule has 0 heterocycles. The van der Waals surface area contributed by atoms with Gasteiger partial charge in [-0.05, 0) is 119 Å². The zero-order valence-electron chi connectivity index (χ0n) is 26.1. The van der Waals surface area contributed by atoms with Crippen molar-refractivity contribution in [2.24, 2.45) is 0 Å². The summed E-state index contributed by atoms with van der Waals surface area (Å²) in [5.74, 6) is 0.00759. The van der Waals surface area contributed by atoms with Crippen LogP contribution in [0.1, 0.15) is 133 Å². The van der Waals surface area contributed by atoms with E-state index in [9.17, 15) is 13.5 Å².